The summed E-state index contributed by atoms with van der Waals surface area (Å²) in [5, 5.41) is 2.75. The quantitative estimate of drug-likeness (QED) is 0.390. The largest absolute Gasteiger partial charge is 0.489 e. The monoisotopic (exact) mass is 530 g/mol. The molecule has 0 aliphatic carbocycles. The summed E-state index contributed by atoms with van der Waals surface area (Å²) < 4.78 is 13.3. The lowest BCUT2D eigenvalue weighted by molar-refractivity contribution is -0.112. The highest BCUT2D eigenvalue weighted by molar-refractivity contribution is 6.47. The summed E-state index contributed by atoms with van der Waals surface area (Å²) in [6, 6.07) is 16.9. The number of aromatic nitrogens is 1. The number of fused-ring (bicyclic) bond motifs is 3. The summed E-state index contributed by atoms with van der Waals surface area (Å²) >= 11 is 0. The van der Waals surface area contributed by atoms with Crippen molar-refractivity contribution in [1.82, 2.24) is 9.47 Å². The van der Waals surface area contributed by atoms with Crippen molar-refractivity contribution in [1.29, 1.82) is 0 Å². The summed E-state index contributed by atoms with van der Waals surface area (Å²) in [4.78, 5) is 42.9. The fourth-order valence-corrected chi connectivity index (χ4v) is 5.08. The SMILES string of the molecule is Cc1cc(-c2ccccc2)c(C(=O)C(=O)Nc2ccc3c(c2)OCC2CN(C(=O)OC(C)(C)C)CCN32)n1C. The van der Waals surface area contributed by atoms with Crippen LogP contribution < -0.4 is 15.0 Å². The maximum Gasteiger partial charge on any atom is 0.410 e. The first-order valence-electron chi connectivity index (χ1n) is 13.1. The Bertz CT molecular complexity index is 1420. The Labute approximate surface area is 228 Å². The Balaban J connectivity index is 1.29. The second-order valence-corrected chi connectivity index (χ2v) is 11.0. The van der Waals surface area contributed by atoms with Gasteiger partial charge in [-0.05, 0) is 51.5 Å². The zero-order chi connectivity index (χ0) is 27.9. The number of benzene rings is 2. The van der Waals surface area contributed by atoms with E-state index in [0.717, 1.165) is 22.5 Å². The molecule has 1 unspecified atom stereocenters. The van der Waals surface area contributed by atoms with Gasteiger partial charge in [0, 0.05) is 49.7 Å². The first-order valence-corrected chi connectivity index (χ1v) is 13.1. The van der Waals surface area contributed by atoms with Crippen LogP contribution in [0.1, 0.15) is 37.0 Å². The molecule has 1 aromatic heterocycles. The Kier molecular flexibility index (Phi) is 6.84. The zero-order valence-corrected chi connectivity index (χ0v) is 23.0. The molecule has 2 aromatic carbocycles. The number of anilines is 2. The summed E-state index contributed by atoms with van der Waals surface area (Å²) in [7, 11) is 1.79. The van der Waals surface area contributed by atoms with Gasteiger partial charge in [0.2, 0.25) is 0 Å². The average Bonchev–Trinajstić information content (AvgIpc) is 3.21. The molecule has 9 heteroatoms. The van der Waals surface area contributed by atoms with E-state index in [0.29, 0.717) is 43.4 Å². The molecule has 1 N–H and O–H groups in total. The highest BCUT2D eigenvalue weighted by Crippen LogP contribution is 2.37. The van der Waals surface area contributed by atoms with Crippen LogP contribution in [-0.2, 0) is 16.6 Å². The molecule has 204 valence electrons. The van der Waals surface area contributed by atoms with Crippen LogP contribution in [0.5, 0.6) is 5.75 Å². The van der Waals surface area contributed by atoms with Crippen LogP contribution in [0.3, 0.4) is 0 Å². The van der Waals surface area contributed by atoms with E-state index >= 15 is 0 Å². The molecule has 1 saturated heterocycles. The van der Waals surface area contributed by atoms with Gasteiger partial charge in [-0.3, -0.25) is 9.59 Å². The van der Waals surface area contributed by atoms with E-state index in [9.17, 15) is 14.4 Å². The lowest BCUT2D eigenvalue weighted by Gasteiger charge is -2.45. The number of ketones is 1. The van der Waals surface area contributed by atoms with Crippen LogP contribution in [0.2, 0.25) is 0 Å². The summed E-state index contributed by atoms with van der Waals surface area (Å²) in [5.41, 5.74) is 3.65. The normalized spacial score (nSPS) is 16.6. The van der Waals surface area contributed by atoms with Crippen molar-refractivity contribution in [3.05, 3.63) is 66.0 Å². The van der Waals surface area contributed by atoms with Crippen molar-refractivity contribution >= 4 is 29.2 Å². The van der Waals surface area contributed by atoms with Gasteiger partial charge in [0.25, 0.3) is 11.7 Å². The van der Waals surface area contributed by atoms with Gasteiger partial charge >= 0.3 is 6.09 Å². The van der Waals surface area contributed by atoms with Crippen molar-refractivity contribution in [2.24, 2.45) is 7.05 Å². The van der Waals surface area contributed by atoms with Crippen molar-refractivity contribution in [2.75, 3.05) is 36.5 Å². The molecule has 2 aliphatic heterocycles. The van der Waals surface area contributed by atoms with E-state index in [1.165, 1.54) is 0 Å². The molecule has 0 spiro atoms. The molecule has 2 aliphatic rings. The van der Waals surface area contributed by atoms with Gasteiger partial charge in [0.05, 0.1) is 11.7 Å². The number of carbonyl (C=O) groups is 3. The number of Topliss-reactive ketones (excluding diaryl/α,β-unsaturated/α-hetero) is 1. The third-order valence-electron chi connectivity index (χ3n) is 7.07. The molecule has 3 heterocycles. The predicted octanol–water partition coefficient (Wildman–Crippen LogP) is 4.64. The number of hydrogen-bond acceptors (Lipinski definition) is 6. The van der Waals surface area contributed by atoms with Crippen LogP contribution in [0.4, 0.5) is 16.2 Å². The minimum absolute atomic E-state index is 0.00206. The van der Waals surface area contributed by atoms with Crippen LogP contribution in [-0.4, -0.2) is 65.1 Å². The van der Waals surface area contributed by atoms with Gasteiger partial charge in [-0.1, -0.05) is 30.3 Å². The van der Waals surface area contributed by atoms with Gasteiger partial charge in [-0.15, -0.1) is 0 Å². The van der Waals surface area contributed by atoms with E-state index in [-0.39, 0.29) is 12.1 Å². The molecule has 39 heavy (non-hydrogen) atoms. The number of carbonyl (C=O) groups excluding carboxylic acids is 3. The molecular formula is C30H34N4O5. The third kappa shape index (κ3) is 5.34. The second kappa shape index (κ2) is 10.1. The molecule has 3 aromatic rings. The first kappa shape index (κ1) is 26.3. The Morgan fingerprint density at radius 3 is 2.49 bits per heavy atom. The number of rotatable bonds is 4. The molecule has 0 bridgehead atoms. The third-order valence-corrected chi connectivity index (χ3v) is 7.07. The highest BCUT2D eigenvalue weighted by atomic mass is 16.6. The fourth-order valence-electron chi connectivity index (χ4n) is 5.08. The number of hydrogen-bond donors (Lipinski definition) is 1. The van der Waals surface area contributed by atoms with Gasteiger partial charge in [0.1, 0.15) is 23.7 Å². The van der Waals surface area contributed by atoms with Crippen molar-refractivity contribution < 1.29 is 23.9 Å². The molecule has 1 fully saturated rings. The number of piperazine rings is 1. The Hall–Kier alpha value is -4.27. The molecule has 1 atom stereocenters. The fraction of sp³-hybridized carbons (Fsp3) is 0.367. The number of ether oxygens (including phenoxy) is 2. The first-order chi connectivity index (χ1) is 18.5. The number of amides is 2. The van der Waals surface area contributed by atoms with Crippen LogP contribution >= 0.6 is 0 Å². The number of nitrogens with one attached hydrogen (secondary N) is 1. The van der Waals surface area contributed by atoms with Crippen LogP contribution in [0.25, 0.3) is 11.1 Å². The summed E-state index contributed by atoms with van der Waals surface area (Å²) in [6.45, 7) is 9.54. The molecule has 5 rings (SSSR count). The van der Waals surface area contributed by atoms with Crippen molar-refractivity contribution in [3.63, 3.8) is 0 Å². The second-order valence-electron chi connectivity index (χ2n) is 11.0. The van der Waals surface area contributed by atoms with E-state index in [4.69, 9.17) is 9.47 Å². The molecule has 2 amide bonds. The molecular weight excluding hydrogens is 496 g/mol. The maximum absolute atomic E-state index is 13.3. The smallest absolute Gasteiger partial charge is 0.410 e. The van der Waals surface area contributed by atoms with E-state index in [1.54, 1.807) is 28.6 Å². The van der Waals surface area contributed by atoms with Gasteiger partial charge in [0.15, 0.2) is 0 Å². The van der Waals surface area contributed by atoms with Crippen molar-refractivity contribution in [2.45, 2.75) is 39.3 Å². The molecule has 0 radical (unpaired) electrons. The average molecular weight is 531 g/mol. The minimum atomic E-state index is -0.715. The Morgan fingerprint density at radius 2 is 1.77 bits per heavy atom. The minimum Gasteiger partial charge on any atom is -0.489 e. The van der Waals surface area contributed by atoms with E-state index in [1.807, 2.05) is 70.2 Å². The summed E-state index contributed by atoms with van der Waals surface area (Å²) in [5.74, 6) is -0.698. The van der Waals surface area contributed by atoms with Gasteiger partial charge < -0.3 is 29.2 Å². The highest BCUT2D eigenvalue weighted by Gasteiger charge is 2.36. The molecule has 0 saturated carbocycles. The standard InChI is InChI=1S/C30H34N4O5/c1-19-15-23(20-9-7-6-8-10-20)26(32(19)5)27(35)28(36)31-21-11-12-24-25(16-21)38-18-22-17-33(13-14-34(22)24)29(37)39-30(2,3)4/h6-12,15-16,22H,13-14,17-18H2,1-5H3,(H,31,36). The maximum atomic E-state index is 13.3. The number of aryl methyl sites for hydroxylation is 1. The lowest BCUT2D eigenvalue weighted by atomic mass is 10.0. The summed E-state index contributed by atoms with van der Waals surface area (Å²) in [6.07, 6.45) is -0.320. The van der Waals surface area contributed by atoms with E-state index < -0.39 is 17.3 Å². The molecule has 9 nitrogen and oxygen atoms in total. The number of nitrogens with zero attached hydrogens (tertiary/aromatic N) is 3. The van der Waals surface area contributed by atoms with Crippen LogP contribution in [0, 0.1) is 6.92 Å². The predicted molar refractivity (Wildman–Crippen MR) is 149 cm³/mol. The van der Waals surface area contributed by atoms with E-state index in [2.05, 4.69) is 10.2 Å². The van der Waals surface area contributed by atoms with Crippen LogP contribution in [0.15, 0.2) is 54.6 Å². The zero-order valence-electron chi connectivity index (χ0n) is 23.0. The van der Waals surface area contributed by atoms with Crippen molar-refractivity contribution in [3.8, 4) is 16.9 Å². The topological polar surface area (TPSA) is 93.1 Å². The Morgan fingerprint density at radius 1 is 1.03 bits per heavy atom. The van der Waals surface area contributed by atoms with Gasteiger partial charge in [-0.2, -0.15) is 0 Å². The van der Waals surface area contributed by atoms with Gasteiger partial charge in [-0.25, -0.2) is 4.79 Å². The lowest BCUT2D eigenvalue weighted by Crippen LogP contribution is -2.59.